The Kier molecular flexibility index (Phi) is 8.43. The van der Waals surface area contributed by atoms with E-state index in [-0.39, 0.29) is 6.42 Å². The van der Waals surface area contributed by atoms with Gasteiger partial charge >= 0.3 is 16.2 Å². The molecule has 0 spiro atoms. The van der Waals surface area contributed by atoms with E-state index in [1.165, 1.54) is 19.1 Å². The molecule has 3 amide bonds. The standard InChI is InChI=1S/C24H24F2N4O5S/c1-30(18-9-11-19(35-2)12-10-18)23(31)22(14-16-6-4-3-5-7-16)27-24(32)29-36(33,34)28-21-15-17(25)8-13-20(21)26/h3-13,15,22,28H,14H2,1-2H3,(H2,27,29,32)/t22-/m0/s1. The zero-order valence-electron chi connectivity index (χ0n) is 19.4. The minimum absolute atomic E-state index is 0.0551. The minimum Gasteiger partial charge on any atom is -0.497 e. The van der Waals surface area contributed by atoms with Crippen molar-refractivity contribution in [1.82, 2.24) is 10.0 Å². The van der Waals surface area contributed by atoms with Crippen molar-refractivity contribution in [3.8, 4) is 5.75 Å². The summed E-state index contributed by atoms with van der Waals surface area (Å²) >= 11 is 0. The normalized spacial score (nSPS) is 11.8. The molecule has 1 atom stereocenters. The summed E-state index contributed by atoms with van der Waals surface area (Å²) in [5.74, 6) is -1.86. The van der Waals surface area contributed by atoms with Gasteiger partial charge in [-0.1, -0.05) is 30.3 Å². The molecular weight excluding hydrogens is 494 g/mol. The number of likely N-dealkylation sites (N-methyl/N-ethyl adjacent to an activating group) is 1. The highest BCUT2D eigenvalue weighted by atomic mass is 32.2. The SMILES string of the molecule is COc1ccc(N(C)C(=O)[C@H](Cc2ccccc2)NC(=O)NS(=O)(=O)Nc2cc(F)ccc2F)cc1. The Labute approximate surface area is 207 Å². The Morgan fingerprint density at radius 2 is 1.67 bits per heavy atom. The van der Waals surface area contributed by atoms with Gasteiger partial charge in [0.05, 0.1) is 12.8 Å². The quantitative estimate of drug-likeness (QED) is 0.402. The van der Waals surface area contributed by atoms with Crippen LogP contribution in [0.15, 0.2) is 72.8 Å². The van der Waals surface area contributed by atoms with E-state index in [1.54, 1.807) is 64.0 Å². The van der Waals surface area contributed by atoms with E-state index in [4.69, 9.17) is 4.74 Å². The molecule has 0 saturated heterocycles. The molecular formula is C24H24F2N4O5S. The van der Waals surface area contributed by atoms with Crippen LogP contribution in [0.5, 0.6) is 5.75 Å². The van der Waals surface area contributed by atoms with Crippen molar-refractivity contribution >= 4 is 33.5 Å². The second kappa shape index (κ2) is 11.5. The fourth-order valence-corrected chi connectivity index (χ4v) is 4.07. The molecule has 0 heterocycles. The van der Waals surface area contributed by atoms with E-state index < -0.39 is 45.5 Å². The van der Waals surface area contributed by atoms with Crippen LogP contribution in [0.3, 0.4) is 0 Å². The van der Waals surface area contributed by atoms with Gasteiger partial charge in [-0.15, -0.1) is 0 Å². The molecule has 0 aromatic heterocycles. The van der Waals surface area contributed by atoms with Crippen LogP contribution in [0, 0.1) is 11.6 Å². The molecule has 3 aromatic carbocycles. The summed E-state index contributed by atoms with van der Waals surface area (Å²) in [5, 5.41) is 2.35. The number of nitrogens with zero attached hydrogens (tertiary/aromatic N) is 1. The molecule has 3 rings (SSSR count). The van der Waals surface area contributed by atoms with E-state index in [0.29, 0.717) is 23.1 Å². The van der Waals surface area contributed by atoms with Crippen LogP contribution in [0.25, 0.3) is 0 Å². The summed E-state index contributed by atoms with van der Waals surface area (Å²) in [5.41, 5.74) is 0.533. The number of hydrogen-bond acceptors (Lipinski definition) is 5. The van der Waals surface area contributed by atoms with E-state index in [1.807, 2.05) is 0 Å². The highest BCUT2D eigenvalue weighted by molar-refractivity contribution is 7.91. The summed E-state index contributed by atoms with van der Waals surface area (Å²) in [6, 6.07) is 15.2. The van der Waals surface area contributed by atoms with E-state index in [2.05, 4.69) is 5.32 Å². The third-order valence-electron chi connectivity index (χ3n) is 5.08. The third-order valence-corrected chi connectivity index (χ3v) is 6.02. The number of carbonyl (C=O) groups excluding carboxylic acids is 2. The number of anilines is 2. The van der Waals surface area contributed by atoms with Gasteiger partial charge in [0.25, 0.3) is 0 Å². The number of carbonyl (C=O) groups is 2. The monoisotopic (exact) mass is 518 g/mol. The van der Waals surface area contributed by atoms with Gasteiger partial charge in [0.2, 0.25) is 5.91 Å². The lowest BCUT2D eigenvalue weighted by Crippen LogP contribution is -2.53. The smallest absolute Gasteiger partial charge is 0.330 e. The Bertz CT molecular complexity index is 1320. The maximum Gasteiger partial charge on any atom is 0.330 e. The zero-order valence-corrected chi connectivity index (χ0v) is 20.2. The van der Waals surface area contributed by atoms with Crippen LogP contribution < -0.4 is 24.4 Å². The van der Waals surface area contributed by atoms with Gasteiger partial charge < -0.3 is 15.0 Å². The Morgan fingerprint density at radius 3 is 2.31 bits per heavy atom. The number of nitrogens with one attached hydrogen (secondary N) is 3. The third kappa shape index (κ3) is 7.15. The van der Waals surface area contributed by atoms with E-state index in [9.17, 15) is 26.8 Å². The molecule has 0 bridgehead atoms. The van der Waals surface area contributed by atoms with Crippen molar-refractivity contribution in [3.63, 3.8) is 0 Å². The molecule has 9 nitrogen and oxygen atoms in total. The first kappa shape index (κ1) is 26.4. The fraction of sp³-hybridized carbons (Fsp3) is 0.167. The number of ether oxygens (including phenoxy) is 1. The van der Waals surface area contributed by atoms with Crippen LogP contribution in [0.1, 0.15) is 5.56 Å². The summed E-state index contributed by atoms with van der Waals surface area (Å²) in [7, 11) is -1.64. The maximum absolute atomic E-state index is 13.8. The van der Waals surface area contributed by atoms with Crippen LogP contribution in [-0.4, -0.2) is 40.6 Å². The van der Waals surface area contributed by atoms with Gasteiger partial charge in [0.15, 0.2) is 0 Å². The molecule has 3 aromatic rings. The minimum atomic E-state index is -4.65. The number of halogens is 2. The molecule has 0 radical (unpaired) electrons. The number of urea groups is 1. The highest BCUT2D eigenvalue weighted by Gasteiger charge is 2.27. The Morgan fingerprint density at radius 1 is 1.00 bits per heavy atom. The lowest BCUT2D eigenvalue weighted by Gasteiger charge is -2.25. The lowest BCUT2D eigenvalue weighted by atomic mass is 10.0. The fourth-order valence-electron chi connectivity index (χ4n) is 3.27. The van der Waals surface area contributed by atoms with Gasteiger partial charge in [-0.3, -0.25) is 9.52 Å². The molecule has 0 fully saturated rings. The highest BCUT2D eigenvalue weighted by Crippen LogP contribution is 2.20. The molecule has 0 saturated carbocycles. The second-order valence-corrected chi connectivity index (χ2v) is 9.06. The first-order chi connectivity index (χ1) is 17.1. The molecule has 36 heavy (non-hydrogen) atoms. The molecule has 12 heteroatoms. The summed E-state index contributed by atoms with van der Waals surface area (Å²) in [4.78, 5) is 27.1. The number of methoxy groups -OCH3 is 1. The van der Waals surface area contributed by atoms with Crippen LogP contribution in [0.2, 0.25) is 0 Å². The second-order valence-electron chi connectivity index (χ2n) is 7.64. The van der Waals surface area contributed by atoms with Crippen LogP contribution >= 0.6 is 0 Å². The predicted molar refractivity (Wildman–Crippen MR) is 131 cm³/mol. The van der Waals surface area contributed by atoms with Crippen molar-refractivity contribution in [3.05, 3.63) is 90.0 Å². The molecule has 190 valence electrons. The van der Waals surface area contributed by atoms with Gasteiger partial charge in [-0.2, -0.15) is 8.42 Å². The first-order valence-corrected chi connectivity index (χ1v) is 12.1. The number of rotatable bonds is 9. The molecule has 0 aliphatic carbocycles. The molecule has 0 unspecified atom stereocenters. The maximum atomic E-state index is 13.8. The predicted octanol–water partition coefficient (Wildman–Crippen LogP) is 3.20. The van der Waals surface area contributed by atoms with Crippen molar-refractivity contribution in [2.24, 2.45) is 0 Å². The van der Waals surface area contributed by atoms with Crippen molar-refractivity contribution in [1.29, 1.82) is 0 Å². The number of amides is 3. The average Bonchev–Trinajstić information content (AvgIpc) is 2.85. The van der Waals surface area contributed by atoms with E-state index >= 15 is 0 Å². The molecule has 0 aliphatic rings. The van der Waals surface area contributed by atoms with Gasteiger partial charge in [-0.05, 0) is 42.0 Å². The molecule has 3 N–H and O–H groups in total. The largest absolute Gasteiger partial charge is 0.497 e. The zero-order chi connectivity index (χ0) is 26.3. The van der Waals surface area contributed by atoms with E-state index in [0.717, 1.165) is 12.1 Å². The van der Waals surface area contributed by atoms with Gasteiger partial charge in [-0.25, -0.2) is 18.3 Å². The summed E-state index contributed by atoms with van der Waals surface area (Å²) in [6.07, 6.45) is 0.0551. The topological polar surface area (TPSA) is 117 Å². The van der Waals surface area contributed by atoms with Crippen LogP contribution in [0.4, 0.5) is 25.0 Å². The Balaban J connectivity index is 1.77. The Hall–Kier alpha value is -4.19. The number of benzene rings is 3. The number of hydrogen-bond donors (Lipinski definition) is 3. The van der Waals surface area contributed by atoms with Gasteiger partial charge in [0, 0.05) is 25.2 Å². The summed E-state index contributed by atoms with van der Waals surface area (Å²) in [6.45, 7) is 0. The van der Waals surface area contributed by atoms with Crippen molar-refractivity contribution in [2.45, 2.75) is 12.5 Å². The molecule has 0 aliphatic heterocycles. The van der Waals surface area contributed by atoms with Crippen molar-refractivity contribution in [2.75, 3.05) is 23.8 Å². The summed E-state index contributed by atoms with van der Waals surface area (Å²) < 4.78 is 60.3. The van der Waals surface area contributed by atoms with Crippen LogP contribution in [-0.2, 0) is 21.4 Å². The lowest BCUT2D eigenvalue weighted by molar-refractivity contribution is -0.120. The first-order valence-electron chi connectivity index (χ1n) is 10.6. The average molecular weight is 519 g/mol. The van der Waals surface area contributed by atoms with Gasteiger partial charge in [0.1, 0.15) is 23.4 Å². The van der Waals surface area contributed by atoms with Crippen molar-refractivity contribution < 1.29 is 31.5 Å².